The first-order valence-corrected chi connectivity index (χ1v) is 8.64. The van der Waals surface area contributed by atoms with Crippen LogP contribution in [-0.4, -0.2) is 44.1 Å². The Bertz CT molecular complexity index is 1030. The fraction of sp³-hybridized carbons (Fsp3) is 0.294. The molecule has 0 aliphatic carbocycles. The number of ether oxygens (including phenoxy) is 2. The zero-order valence-electron chi connectivity index (χ0n) is 14.3. The maximum absolute atomic E-state index is 14.4. The lowest BCUT2D eigenvalue weighted by Crippen LogP contribution is -2.33. The third-order valence-corrected chi connectivity index (χ3v) is 4.58. The third-order valence-electron chi connectivity index (χ3n) is 4.32. The van der Waals surface area contributed by atoms with Crippen molar-refractivity contribution in [1.82, 2.24) is 19.5 Å². The number of halogens is 3. The summed E-state index contributed by atoms with van der Waals surface area (Å²) in [5, 5.41) is 0.0133. The highest BCUT2D eigenvalue weighted by atomic mass is 35.5. The van der Waals surface area contributed by atoms with E-state index in [2.05, 4.69) is 15.0 Å². The molecule has 0 amide bonds. The quantitative estimate of drug-likeness (QED) is 0.521. The van der Waals surface area contributed by atoms with Gasteiger partial charge in [0.25, 0.3) is 5.92 Å². The molecule has 3 aromatic rings. The largest absolute Gasteiger partial charge is 0.459 e. The van der Waals surface area contributed by atoms with Gasteiger partial charge in [0, 0.05) is 0 Å². The lowest BCUT2D eigenvalue weighted by molar-refractivity contribution is -0.104. The molecular weight excluding hydrogens is 396 g/mol. The van der Waals surface area contributed by atoms with Crippen molar-refractivity contribution in [2.45, 2.75) is 24.7 Å². The summed E-state index contributed by atoms with van der Waals surface area (Å²) in [4.78, 5) is 23.8. The molecule has 0 spiro atoms. The molecule has 0 saturated carbocycles. The van der Waals surface area contributed by atoms with E-state index in [1.807, 2.05) is 0 Å². The Morgan fingerprint density at radius 2 is 2.11 bits per heavy atom. The van der Waals surface area contributed by atoms with Gasteiger partial charge >= 0.3 is 5.97 Å². The zero-order chi connectivity index (χ0) is 19.9. The molecular formula is C17H14ClF2N5O3. The molecule has 8 nitrogen and oxygen atoms in total. The summed E-state index contributed by atoms with van der Waals surface area (Å²) in [6.45, 7) is -0.595. The maximum atomic E-state index is 14.4. The Labute approximate surface area is 162 Å². The molecule has 0 radical (unpaired) electrons. The number of nitrogens with zero attached hydrogens (tertiary/aromatic N) is 4. The predicted molar refractivity (Wildman–Crippen MR) is 94.9 cm³/mol. The summed E-state index contributed by atoms with van der Waals surface area (Å²) in [7, 11) is 0. The number of carbonyl (C=O) groups is 1. The molecule has 0 unspecified atom stereocenters. The second kappa shape index (κ2) is 6.95. The van der Waals surface area contributed by atoms with Gasteiger partial charge in [0.2, 0.25) is 5.95 Å². The summed E-state index contributed by atoms with van der Waals surface area (Å²) in [6.07, 6.45) is -2.06. The monoisotopic (exact) mass is 409 g/mol. The molecule has 28 heavy (non-hydrogen) atoms. The highest BCUT2D eigenvalue weighted by Crippen LogP contribution is 2.42. The zero-order valence-corrected chi connectivity index (χ0v) is 15.0. The minimum atomic E-state index is -3.22. The number of nitrogen functional groups attached to an aromatic ring is 1. The van der Waals surface area contributed by atoms with Gasteiger partial charge in [-0.2, -0.15) is 9.97 Å². The summed E-state index contributed by atoms with van der Waals surface area (Å²) >= 11 is 5.96. The van der Waals surface area contributed by atoms with Crippen LogP contribution in [0, 0.1) is 0 Å². The normalized spacial score (nSPS) is 21.1. The van der Waals surface area contributed by atoms with Crippen LogP contribution in [-0.2, 0) is 9.47 Å². The van der Waals surface area contributed by atoms with Crippen LogP contribution in [0.2, 0.25) is 5.15 Å². The minimum Gasteiger partial charge on any atom is -0.459 e. The number of nitrogens with two attached hydrogens (primary N) is 1. The summed E-state index contributed by atoms with van der Waals surface area (Å²) in [5.74, 6) is -4.04. The number of anilines is 1. The highest BCUT2D eigenvalue weighted by Gasteiger charge is 2.51. The lowest BCUT2D eigenvalue weighted by atomic mass is 10.1. The number of hydrogen-bond donors (Lipinski definition) is 1. The smallest absolute Gasteiger partial charge is 0.338 e. The number of fused-ring (bicyclic) bond motifs is 1. The van der Waals surface area contributed by atoms with Crippen molar-refractivity contribution < 1.29 is 23.0 Å². The molecule has 1 aromatic carbocycles. The molecule has 3 heterocycles. The van der Waals surface area contributed by atoms with Crippen molar-refractivity contribution in [3.05, 3.63) is 47.4 Å². The molecule has 2 aromatic heterocycles. The summed E-state index contributed by atoms with van der Waals surface area (Å²) in [6, 6.07) is 8.09. The lowest BCUT2D eigenvalue weighted by Gasteiger charge is -2.17. The van der Waals surface area contributed by atoms with Gasteiger partial charge in [-0.1, -0.05) is 29.8 Å². The molecule has 1 fully saturated rings. The van der Waals surface area contributed by atoms with Crippen LogP contribution in [0.25, 0.3) is 11.2 Å². The van der Waals surface area contributed by atoms with E-state index in [-0.39, 0.29) is 27.8 Å². The fourth-order valence-corrected chi connectivity index (χ4v) is 3.16. The van der Waals surface area contributed by atoms with E-state index < -0.39 is 37.3 Å². The van der Waals surface area contributed by atoms with Crippen LogP contribution in [0.3, 0.4) is 0 Å². The van der Waals surface area contributed by atoms with Crippen molar-refractivity contribution in [2.75, 3.05) is 12.3 Å². The van der Waals surface area contributed by atoms with Crippen LogP contribution in [0.1, 0.15) is 23.0 Å². The standard InChI is InChI=1S/C17H14ClF2N5O3/c18-13-12-14(24-16(21)23-13)25(8-22-12)11-6-17(19,20)10(28-11)7-27-15(26)9-4-2-1-3-5-9/h1-5,8,10-11H,6-7H2,(H2,21,23,24)/t10-,11-/m0/s1. The second-order valence-corrected chi connectivity index (χ2v) is 6.56. The van der Waals surface area contributed by atoms with Gasteiger partial charge in [-0.25, -0.2) is 18.6 Å². The molecule has 4 rings (SSSR count). The molecule has 146 valence electrons. The average molecular weight is 410 g/mol. The van der Waals surface area contributed by atoms with Gasteiger partial charge in [-0.3, -0.25) is 4.57 Å². The molecule has 11 heteroatoms. The molecule has 1 aliphatic heterocycles. The molecule has 1 aliphatic rings. The Morgan fingerprint density at radius 3 is 2.86 bits per heavy atom. The van der Waals surface area contributed by atoms with Crippen molar-refractivity contribution in [3.8, 4) is 0 Å². The highest BCUT2D eigenvalue weighted by molar-refractivity contribution is 6.33. The van der Waals surface area contributed by atoms with Crippen molar-refractivity contribution in [2.24, 2.45) is 0 Å². The number of hydrogen-bond acceptors (Lipinski definition) is 7. The molecule has 0 bridgehead atoms. The van der Waals surface area contributed by atoms with Crippen LogP contribution < -0.4 is 5.73 Å². The minimum absolute atomic E-state index is 0.0133. The van der Waals surface area contributed by atoms with Gasteiger partial charge in [-0.05, 0) is 12.1 Å². The van der Waals surface area contributed by atoms with Gasteiger partial charge in [0.15, 0.2) is 16.9 Å². The number of imidazole rings is 1. The Morgan fingerprint density at radius 1 is 1.36 bits per heavy atom. The molecule has 2 N–H and O–H groups in total. The van der Waals surface area contributed by atoms with Crippen molar-refractivity contribution in [1.29, 1.82) is 0 Å². The number of aromatic nitrogens is 4. The van der Waals surface area contributed by atoms with Crippen LogP contribution in [0.15, 0.2) is 36.7 Å². The van der Waals surface area contributed by atoms with Crippen LogP contribution in [0.4, 0.5) is 14.7 Å². The predicted octanol–water partition coefficient (Wildman–Crippen LogP) is 2.84. The SMILES string of the molecule is Nc1nc(Cl)c2ncn([C@@H]3CC(F)(F)[C@H](COC(=O)c4ccccc4)O3)c2n1. The van der Waals surface area contributed by atoms with E-state index in [1.165, 1.54) is 23.0 Å². The van der Waals surface area contributed by atoms with E-state index >= 15 is 0 Å². The number of alkyl halides is 2. The van der Waals surface area contributed by atoms with Crippen LogP contribution >= 0.6 is 11.6 Å². The van der Waals surface area contributed by atoms with Crippen molar-refractivity contribution in [3.63, 3.8) is 0 Å². The summed E-state index contributed by atoms with van der Waals surface area (Å²) < 4.78 is 40.6. The van der Waals surface area contributed by atoms with E-state index in [0.29, 0.717) is 0 Å². The van der Waals surface area contributed by atoms with E-state index in [4.69, 9.17) is 26.8 Å². The fourth-order valence-electron chi connectivity index (χ4n) is 2.94. The van der Waals surface area contributed by atoms with Gasteiger partial charge in [0.1, 0.15) is 18.4 Å². The van der Waals surface area contributed by atoms with Gasteiger partial charge in [0.05, 0.1) is 18.3 Å². The second-order valence-electron chi connectivity index (χ2n) is 6.21. The summed E-state index contributed by atoms with van der Waals surface area (Å²) in [5.41, 5.74) is 6.25. The Hall–Kier alpha value is -2.85. The van der Waals surface area contributed by atoms with Crippen molar-refractivity contribution >= 4 is 34.7 Å². The number of rotatable bonds is 4. The van der Waals surface area contributed by atoms with Crippen LogP contribution in [0.5, 0.6) is 0 Å². The Balaban J connectivity index is 1.51. The molecule has 2 atom stereocenters. The van der Waals surface area contributed by atoms with E-state index in [0.717, 1.165) is 0 Å². The van der Waals surface area contributed by atoms with Gasteiger partial charge < -0.3 is 15.2 Å². The third kappa shape index (κ3) is 3.36. The number of carbonyl (C=O) groups excluding carboxylic acids is 1. The molecule has 1 saturated heterocycles. The van der Waals surface area contributed by atoms with Gasteiger partial charge in [-0.15, -0.1) is 0 Å². The topological polar surface area (TPSA) is 105 Å². The Kier molecular flexibility index (Phi) is 4.60. The first-order chi connectivity index (χ1) is 13.3. The van der Waals surface area contributed by atoms with E-state index in [9.17, 15) is 13.6 Å². The maximum Gasteiger partial charge on any atom is 0.338 e. The van der Waals surface area contributed by atoms with E-state index in [1.54, 1.807) is 18.2 Å². The first kappa shape index (κ1) is 18.5. The number of esters is 1. The average Bonchev–Trinajstić information content (AvgIpc) is 3.20. The number of benzene rings is 1. The first-order valence-electron chi connectivity index (χ1n) is 8.26.